The number of para-hydroxylation sites is 1. The van der Waals surface area contributed by atoms with Gasteiger partial charge in [0, 0.05) is 23.7 Å². The van der Waals surface area contributed by atoms with E-state index in [2.05, 4.69) is 27.9 Å². The van der Waals surface area contributed by atoms with Gasteiger partial charge in [0.05, 0.1) is 18.4 Å². The summed E-state index contributed by atoms with van der Waals surface area (Å²) >= 11 is 0. The lowest BCUT2D eigenvalue weighted by Crippen LogP contribution is -2.34. The largest absolute Gasteiger partial charge is 0.347 e. The molecule has 0 fully saturated rings. The number of hydrogen-bond acceptors (Lipinski definition) is 4. The number of carbonyl (C=O) groups excluding carboxylic acids is 2. The Labute approximate surface area is 211 Å². The number of hydrazone groups is 1. The lowest BCUT2D eigenvalue weighted by Gasteiger charge is -2.04. The fourth-order valence-corrected chi connectivity index (χ4v) is 3.75. The summed E-state index contributed by atoms with van der Waals surface area (Å²) in [7, 11) is 0. The first kappa shape index (κ1) is 26.8. The van der Waals surface area contributed by atoms with Gasteiger partial charge in [-0.1, -0.05) is 63.6 Å². The third kappa shape index (κ3) is 8.76. The van der Waals surface area contributed by atoms with E-state index in [4.69, 9.17) is 0 Å². The average molecular weight is 492 g/mol. The maximum atomic E-state index is 13.4. The van der Waals surface area contributed by atoms with Crippen molar-refractivity contribution in [3.63, 3.8) is 0 Å². The smallest absolute Gasteiger partial charge is 0.259 e. The van der Waals surface area contributed by atoms with Crippen molar-refractivity contribution < 1.29 is 14.0 Å². The minimum Gasteiger partial charge on any atom is -0.347 e. The number of halogens is 1. The number of amides is 2. The highest BCUT2D eigenvalue weighted by molar-refractivity contribution is 5.90. The summed E-state index contributed by atoms with van der Waals surface area (Å²) in [4.78, 5) is 24.1. The Bertz CT molecular complexity index is 1130. The van der Waals surface area contributed by atoms with Crippen LogP contribution in [0.3, 0.4) is 0 Å². The summed E-state index contributed by atoms with van der Waals surface area (Å²) in [5.74, 6) is -0.888. The van der Waals surface area contributed by atoms with Gasteiger partial charge in [-0.2, -0.15) is 10.2 Å². The molecule has 36 heavy (non-hydrogen) atoms. The highest BCUT2D eigenvalue weighted by Crippen LogP contribution is 2.23. The van der Waals surface area contributed by atoms with Crippen LogP contribution in [0.1, 0.15) is 63.9 Å². The molecular formula is C28H34FN5O2. The predicted molar refractivity (Wildman–Crippen MR) is 140 cm³/mol. The maximum Gasteiger partial charge on any atom is 0.259 e. The minimum atomic E-state index is -0.419. The Morgan fingerprint density at radius 2 is 1.64 bits per heavy atom. The molecule has 0 aliphatic carbocycles. The molecule has 2 amide bonds. The minimum absolute atomic E-state index is 0.134. The number of nitrogens with one attached hydrogen (secondary N) is 2. The molecule has 7 nitrogen and oxygen atoms in total. The molecular weight excluding hydrogens is 457 g/mol. The second-order valence-electron chi connectivity index (χ2n) is 8.66. The molecule has 0 atom stereocenters. The van der Waals surface area contributed by atoms with Gasteiger partial charge >= 0.3 is 0 Å². The SMILES string of the molecule is CCCCCCCCCC(=O)NCC(=O)N/N=C/c1cn(-c2ccccc2)nc1-c1ccc(F)cc1. The Morgan fingerprint density at radius 3 is 2.36 bits per heavy atom. The number of nitrogens with zero attached hydrogens (tertiary/aromatic N) is 3. The number of aromatic nitrogens is 2. The summed E-state index contributed by atoms with van der Waals surface area (Å²) < 4.78 is 15.1. The molecule has 0 unspecified atom stereocenters. The second-order valence-corrected chi connectivity index (χ2v) is 8.66. The van der Waals surface area contributed by atoms with Crippen LogP contribution in [0.2, 0.25) is 0 Å². The Kier molecular flexibility index (Phi) is 10.8. The van der Waals surface area contributed by atoms with Crippen molar-refractivity contribution in [3.05, 3.63) is 72.2 Å². The Morgan fingerprint density at radius 1 is 0.944 bits per heavy atom. The van der Waals surface area contributed by atoms with Crippen LogP contribution in [0.5, 0.6) is 0 Å². The van der Waals surface area contributed by atoms with Crippen molar-refractivity contribution in [1.82, 2.24) is 20.5 Å². The molecule has 2 N–H and O–H groups in total. The van der Waals surface area contributed by atoms with Crippen molar-refractivity contribution in [1.29, 1.82) is 0 Å². The predicted octanol–water partition coefficient (Wildman–Crippen LogP) is 5.39. The molecule has 0 aliphatic heterocycles. The average Bonchev–Trinajstić information content (AvgIpc) is 3.32. The van der Waals surface area contributed by atoms with Gasteiger partial charge in [-0.3, -0.25) is 9.59 Å². The van der Waals surface area contributed by atoms with Gasteiger partial charge in [0.2, 0.25) is 5.91 Å². The highest BCUT2D eigenvalue weighted by atomic mass is 19.1. The molecule has 0 saturated carbocycles. The summed E-state index contributed by atoms with van der Waals surface area (Å²) in [5, 5.41) is 11.3. The van der Waals surface area contributed by atoms with Crippen molar-refractivity contribution in [2.24, 2.45) is 5.10 Å². The van der Waals surface area contributed by atoms with E-state index in [9.17, 15) is 14.0 Å². The van der Waals surface area contributed by atoms with Gasteiger partial charge in [0.25, 0.3) is 5.91 Å². The van der Waals surface area contributed by atoms with E-state index in [1.165, 1.54) is 44.0 Å². The van der Waals surface area contributed by atoms with Gasteiger partial charge < -0.3 is 5.32 Å². The molecule has 0 spiro atoms. The molecule has 8 heteroatoms. The van der Waals surface area contributed by atoms with Crippen LogP contribution in [0.25, 0.3) is 16.9 Å². The summed E-state index contributed by atoms with van der Waals surface area (Å²) in [5.41, 5.74) is 5.26. The van der Waals surface area contributed by atoms with Gasteiger partial charge in [-0.15, -0.1) is 0 Å². The molecule has 0 aliphatic rings. The van der Waals surface area contributed by atoms with E-state index in [1.54, 1.807) is 23.0 Å². The quantitative estimate of drug-likeness (QED) is 0.180. The van der Waals surface area contributed by atoms with Gasteiger partial charge in [-0.25, -0.2) is 14.5 Å². The molecule has 3 rings (SSSR count). The third-order valence-electron chi connectivity index (χ3n) is 5.73. The monoisotopic (exact) mass is 491 g/mol. The van der Waals surface area contributed by atoms with Crippen molar-refractivity contribution in [2.75, 3.05) is 6.54 Å². The molecule has 0 bridgehead atoms. The lowest BCUT2D eigenvalue weighted by atomic mass is 10.1. The van der Waals surface area contributed by atoms with Crippen LogP contribution in [0.4, 0.5) is 4.39 Å². The first-order valence-corrected chi connectivity index (χ1v) is 12.6. The third-order valence-corrected chi connectivity index (χ3v) is 5.73. The first-order chi connectivity index (χ1) is 17.6. The lowest BCUT2D eigenvalue weighted by molar-refractivity contribution is -0.126. The van der Waals surface area contributed by atoms with Crippen molar-refractivity contribution >= 4 is 18.0 Å². The molecule has 1 heterocycles. The van der Waals surface area contributed by atoms with Crippen LogP contribution < -0.4 is 10.7 Å². The topological polar surface area (TPSA) is 88.4 Å². The van der Waals surface area contributed by atoms with Crippen molar-refractivity contribution in [3.8, 4) is 16.9 Å². The molecule has 2 aromatic carbocycles. The highest BCUT2D eigenvalue weighted by Gasteiger charge is 2.12. The van der Waals surface area contributed by atoms with E-state index in [-0.39, 0.29) is 18.3 Å². The Balaban J connectivity index is 1.52. The van der Waals surface area contributed by atoms with E-state index in [0.29, 0.717) is 17.7 Å². The van der Waals surface area contributed by atoms with E-state index in [1.807, 2.05) is 30.3 Å². The van der Waals surface area contributed by atoms with Crippen LogP contribution in [0.15, 0.2) is 65.9 Å². The fraction of sp³-hybridized carbons (Fsp3) is 0.357. The zero-order chi connectivity index (χ0) is 25.6. The van der Waals surface area contributed by atoms with Crippen LogP contribution >= 0.6 is 0 Å². The fourth-order valence-electron chi connectivity index (χ4n) is 3.75. The zero-order valence-electron chi connectivity index (χ0n) is 20.8. The van der Waals surface area contributed by atoms with Crippen LogP contribution in [-0.2, 0) is 9.59 Å². The van der Waals surface area contributed by atoms with Gasteiger partial charge in [-0.05, 0) is 42.8 Å². The maximum absolute atomic E-state index is 13.4. The van der Waals surface area contributed by atoms with E-state index >= 15 is 0 Å². The molecule has 0 radical (unpaired) electrons. The first-order valence-electron chi connectivity index (χ1n) is 12.6. The molecule has 3 aromatic rings. The van der Waals surface area contributed by atoms with Gasteiger partial charge in [0.15, 0.2) is 0 Å². The van der Waals surface area contributed by atoms with E-state index in [0.717, 1.165) is 30.5 Å². The summed E-state index contributed by atoms with van der Waals surface area (Å²) in [6, 6.07) is 15.6. The van der Waals surface area contributed by atoms with Crippen LogP contribution in [0, 0.1) is 5.82 Å². The normalized spacial score (nSPS) is 11.1. The van der Waals surface area contributed by atoms with Crippen molar-refractivity contribution in [2.45, 2.75) is 58.3 Å². The van der Waals surface area contributed by atoms with E-state index < -0.39 is 5.91 Å². The number of carbonyl (C=O) groups is 2. The standard InChI is InChI=1S/C28H34FN5O2/c1-2-3-4-5-6-7-11-14-26(35)30-20-27(36)32-31-19-23-21-34(25-12-9-8-10-13-25)33-28(23)22-15-17-24(29)18-16-22/h8-10,12-13,15-19,21H,2-7,11,14,20H2,1H3,(H,30,35)(H,32,36)/b31-19+. The van der Waals surface area contributed by atoms with Gasteiger partial charge in [0.1, 0.15) is 11.5 Å². The number of hydrogen-bond donors (Lipinski definition) is 2. The summed E-state index contributed by atoms with van der Waals surface area (Å²) in [6.07, 6.45) is 11.6. The summed E-state index contributed by atoms with van der Waals surface area (Å²) in [6.45, 7) is 2.05. The second kappa shape index (κ2) is 14.6. The Hall–Kier alpha value is -3.81. The molecule has 0 saturated heterocycles. The number of rotatable bonds is 14. The molecule has 1 aromatic heterocycles. The van der Waals surface area contributed by atoms with Crippen LogP contribution in [-0.4, -0.2) is 34.4 Å². The number of unbranched alkanes of at least 4 members (excludes halogenated alkanes) is 6. The number of benzene rings is 2. The zero-order valence-corrected chi connectivity index (χ0v) is 20.8. The molecule has 190 valence electrons.